The number of thioether (sulfide) groups is 1. The Morgan fingerprint density at radius 1 is 1.32 bits per heavy atom. The van der Waals surface area contributed by atoms with E-state index in [9.17, 15) is 4.79 Å². The van der Waals surface area contributed by atoms with Gasteiger partial charge in [0.05, 0.1) is 12.4 Å². The molecule has 0 saturated heterocycles. The Kier molecular flexibility index (Phi) is 4.24. The first-order valence-electron chi connectivity index (χ1n) is 7.03. The Hall–Kier alpha value is -2.15. The van der Waals surface area contributed by atoms with E-state index in [0.29, 0.717) is 23.3 Å². The van der Waals surface area contributed by atoms with Crippen LogP contribution in [0.1, 0.15) is 13.8 Å². The molecule has 0 atom stereocenters. The van der Waals surface area contributed by atoms with E-state index in [1.54, 1.807) is 0 Å². The zero-order valence-electron chi connectivity index (χ0n) is 12.4. The average Bonchev–Trinajstić information content (AvgIpc) is 2.88. The molecule has 0 aliphatic carbocycles. The number of fused-ring (bicyclic) bond motifs is 3. The van der Waals surface area contributed by atoms with Crippen molar-refractivity contribution in [2.45, 2.75) is 19.0 Å². The lowest BCUT2D eigenvalue weighted by atomic mass is 10.2. The van der Waals surface area contributed by atoms with Gasteiger partial charge in [0.2, 0.25) is 5.16 Å². The highest BCUT2D eigenvalue weighted by atomic mass is 32.2. The fourth-order valence-corrected chi connectivity index (χ4v) is 2.58. The van der Waals surface area contributed by atoms with E-state index in [1.165, 1.54) is 11.8 Å². The second-order valence-electron chi connectivity index (χ2n) is 5.33. The first-order chi connectivity index (χ1) is 10.6. The van der Waals surface area contributed by atoms with Crippen LogP contribution in [0.2, 0.25) is 0 Å². The van der Waals surface area contributed by atoms with Crippen molar-refractivity contribution in [1.29, 1.82) is 0 Å². The maximum atomic E-state index is 11.6. The second-order valence-corrected chi connectivity index (χ2v) is 6.27. The number of nitrogens with zero attached hydrogens (tertiary/aromatic N) is 3. The van der Waals surface area contributed by atoms with Crippen molar-refractivity contribution in [3.8, 4) is 0 Å². The number of esters is 1. The second kappa shape index (κ2) is 6.31. The number of benzene rings is 1. The van der Waals surface area contributed by atoms with Crippen molar-refractivity contribution in [2.75, 3.05) is 12.4 Å². The number of hydrogen-bond acceptors (Lipinski definition) is 6. The number of nitrogens with one attached hydrogen (secondary N) is 1. The number of hydrogen-bond donors (Lipinski definition) is 1. The van der Waals surface area contributed by atoms with Gasteiger partial charge in [0, 0.05) is 10.9 Å². The molecule has 1 N–H and O–H groups in total. The molecule has 0 bridgehead atoms. The number of aromatic amines is 1. The van der Waals surface area contributed by atoms with Gasteiger partial charge in [0.1, 0.15) is 5.52 Å². The highest BCUT2D eigenvalue weighted by molar-refractivity contribution is 7.99. The van der Waals surface area contributed by atoms with Crippen LogP contribution in [-0.2, 0) is 9.53 Å². The first-order valence-corrected chi connectivity index (χ1v) is 8.01. The Bertz CT molecular complexity index is 816. The summed E-state index contributed by atoms with van der Waals surface area (Å²) in [4.78, 5) is 19.2. The van der Waals surface area contributed by atoms with Gasteiger partial charge in [-0.1, -0.05) is 43.8 Å². The van der Waals surface area contributed by atoms with E-state index in [1.807, 2.05) is 38.1 Å². The van der Waals surface area contributed by atoms with Crippen LogP contribution in [0, 0.1) is 5.92 Å². The number of aromatic nitrogens is 4. The standard InChI is InChI=1S/C15H16N4O2S/c1-9(2)7-21-12(20)8-22-15-17-14-13(18-19-15)10-5-3-4-6-11(10)16-14/h3-6,9H,7-8H2,1-2H3,(H,16,17,19). The molecule has 0 spiro atoms. The molecule has 114 valence electrons. The zero-order chi connectivity index (χ0) is 15.5. The molecule has 0 fully saturated rings. The van der Waals surface area contributed by atoms with Crippen LogP contribution in [0.3, 0.4) is 0 Å². The van der Waals surface area contributed by atoms with Gasteiger partial charge in [0.15, 0.2) is 5.65 Å². The van der Waals surface area contributed by atoms with E-state index in [2.05, 4.69) is 20.2 Å². The third kappa shape index (κ3) is 3.19. The zero-order valence-corrected chi connectivity index (χ0v) is 13.2. The van der Waals surface area contributed by atoms with Crippen molar-refractivity contribution >= 4 is 39.8 Å². The highest BCUT2D eigenvalue weighted by Crippen LogP contribution is 2.23. The molecule has 0 saturated carbocycles. The molecule has 0 amide bonds. The molecule has 0 unspecified atom stereocenters. The van der Waals surface area contributed by atoms with Crippen LogP contribution in [-0.4, -0.2) is 38.5 Å². The number of carbonyl (C=O) groups excluding carboxylic acids is 1. The minimum absolute atomic E-state index is 0.181. The molecule has 1 aromatic carbocycles. The van der Waals surface area contributed by atoms with Gasteiger partial charge >= 0.3 is 5.97 Å². The van der Waals surface area contributed by atoms with E-state index in [4.69, 9.17) is 4.74 Å². The monoisotopic (exact) mass is 316 g/mol. The van der Waals surface area contributed by atoms with Crippen LogP contribution in [0.15, 0.2) is 29.4 Å². The number of H-pyrrole nitrogens is 1. The normalized spacial score (nSPS) is 11.4. The minimum atomic E-state index is -0.265. The first kappa shape index (κ1) is 14.8. The summed E-state index contributed by atoms with van der Waals surface area (Å²) in [5, 5.41) is 9.73. The van der Waals surface area contributed by atoms with Gasteiger partial charge in [-0.15, -0.1) is 10.2 Å². The Morgan fingerprint density at radius 2 is 2.14 bits per heavy atom. The fourth-order valence-electron chi connectivity index (χ4n) is 1.99. The number of rotatable bonds is 5. The van der Waals surface area contributed by atoms with Crippen molar-refractivity contribution < 1.29 is 9.53 Å². The Labute approximate surface area is 131 Å². The third-order valence-electron chi connectivity index (χ3n) is 3.00. The summed E-state index contributed by atoms with van der Waals surface area (Å²) in [5.41, 5.74) is 2.38. The van der Waals surface area contributed by atoms with Crippen LogP contribution in [0.4, 0.5) is 0 Å². The minimum Gasteiger partial charge on any atom is -0.465 e. The molecule has 3 rings (SSSR count). The van der Waals surface area contributed by atoms with Crippen molar-refractivity contribution in [2.24, 2.45) is 5.92 Å². The summed E-state index contributed by atoms with van der Waals surface area (Å²) in [5.74, 6) is 0.244. The van der Waals surface area contributed by atoms with Gasteiger partial charge < -0.3 is 9.72 Å². The smallest absolute Gasteiger partial charge is 0.316 e. The molecule has 0 aliphatic rings. The van der Waals surface area contributed by atoms with Crippen molar-refractivity contribution in [3.05, 3.63) is 24.3 Å². The largest absolute Gasteiger partial charge is 0.465 e. The number of ether oxygens (including phenoxy) is 1. The summed E-state index contributed by atoms with van der Waals surface area (Å²) < 4.78 is 5.12. The van der Waals surface area contributed by atoms with Crippen molar-refractivity contribution in [1.82, 2.24) is 20.2 Å². The summed E-state index contributed by atoms with van der Waals surface area (Å²) in [6, 6.07) is 7.84. The van der Waals surface area contributed by atoms with Gasteiger partial charge in [-0.3, -0.25) is 4.79 Å². The van der Waals surface area contributed by atoms with E-state index < -0.39 is 0 Å². The van der Waals surface area contributed by atoms with Gasteiger partial charge in [-0.05, 0) is 12.0 Å². The third-order valence-corrected chi connectivity index (χ3v) is 3.81. The molecule has 0 aliphatic heterocycles. The topological polar surface area (TPSA) is 80.8 Å². The summed E-state index contributed by atoms with van der Waals surface area (Å²) in [6.07, 6.45) is 0. The quantitative estimate of drug-likeness (QED) is 0.576. The molecule has 22 heavy (non-hydrogen) atoms. The van der Waals surface area contributed by atoms with Crippen LogP contribution >= 0.6 is 11.8 Å². The lowest BCUT2D eigenvalue weighted by Crippen LogP contribution is -2.12. The molecule has 3 aromatic rings. The maximum absolute atomic E-state index is 11.6. The maximum Gasteiger partial charge on any atom is 0.316 e. The molecule has 0 radical (unpaired) electrons. The van der Waals surface area contributed by atoms with Gasteiger partial charge in [-0.25, -0.2) is 4.98 Å². The van der Waals surface area contributed by atoms with Crippen LogP contribution in [0.25, 0.3) is 22.1 Å². The van der Waals surface area contributed by atoms with E-state index in [-0.39, 0.29) is 11.7 Å². The lowest BCUT2D eigenvalue weighted by molar-refractivity contribution is -0.141. The molecule has 2 aromatic heterocycles. The van der Waals surface area contributed by atoms with Crippen LogP contribution < -0.4 is 0 Å². The number of para-hydroxylation sites is 1. The predicted octanol–water partition coefficient (Wildman–Crippen LogP) is 2.80. The number of carbonyl (C=O) groups is 1. The van der Waals surface area contributed by atoms with Gasteiger partial charge in [-0.2, -0.15) is 0 Å². The molecular formula is C15H16N4O2S. The SMILES string of the molecule is CC(C)COC(=O)CSc1nnc2c(n1)[nH]c1ccccc12. The van der Waals surface area contributed by atoms with E-state index >= 15 is 0 Å². The molecular weight excluding hydrogens is 300 g/mol. The molecule has 2 heterocycles. The Morgan fingerprint density at radius 3 is 2.95 bits per heavy atom. The lowest BCUT2D eigenvalue weighted by Gasteiger charge is -2.06. The molecule has 7 heteroatoms. The van der Waals surface area contributed by atoms with Crippen molar-refractivity contribution in [3.63, 3.8) is 0 Å². The van der Waals surface area contributed by atoms with Gasteiger partial charge in [0.25, 0.3) is 0 Å². The summed E-state index contributed by atoms with van der Waals surface area (Å²) >= 11 is 1.23. The summed E-state index contributed by atoms with van der Waals surface area (Å²) in [7, 11) is 0. The average molecular weight is 316 g/mol. The summed E-state index contributed by atoms with van der Waals surface area (Å²) in [6.45, 7) is 4.42. The molecule has 6 nitrogen and oxygen atoms in total. The van der Waals surface area contributed by atoms with E-state index in [0.717, 1.165) is 16.4 Å². The van der Waals surface area contributed by atoms with Crippen LogP contribution in [0.5, 0.6) is 0 Å². The highest BCUT2D eigenvalue weighted by Gasteiger charge is 2.11. The predicted molar refractivity (Wildman–Crippen MR) is 85.7 cm³/mol. The Balaban J connectivity index is 1.72. The fraction of sp³-hybridized carbons (Fsp3) is 0.333.